The van der Waals surface area contributed by atoms with E-state index in [4.69, 9.17) is 4.74 Å². The first kappa shape index (κ1) is 23.4. The fraction of sp³-hybridized carbons (Fsp3) is 0.273. The van der Waals surface area contributed by atoms with E-state index in [0.717, 1.165) is 21.4 Å². The van der Waals surface area contributed by atoms with Gasteiger partial charge in [0.15, 0.2) is 0 Å². The van der Waals surface area contributed by atoms with Crippen LogP contribution in [0.1, 0.15) is 41.7 Å². The third-order valence-electron chi connectivity index (χ3n) is 4.06. The van der Waals surface area contributed by atoms with Crippen molar-refractivity contribution in [2.45, 2.75) is 32.8 Å². The first-order valence-electron chi connectivity index (χ1n) is 9.52. The van der Waals surface area contributed by atoms with Crippen molar-refractivity contribution in [1.82, 2.24) is 4.57 Å². The molecule has 0 aliphatic carbocycles. The number of nitrogens with one attached hydrogen (secondary N) is 2. The maximum absolute atomic E-state index is 12.7. The molecule has 0 aliphatic heterocycles. The van der Waals surface area contributed by atoms with Crippen molar-refractivity contribution in [3.8, 4) is 0 Å². The number of aromatic nitrogens is 1. The molecule has 0 bridgehead atoms. The number of thiophene rings is 1. The van der Waals surface area contributed by atoms with Crippen LogP contribution in [0.15, 0.2) is 52.4 Å². The van der Waals surface area contributed by atoms with Crippen LogP contribution in [0.5, 0.6) is 0 Å². The Hall–Kier alpha value is -2.23. The highest BCUT2D eigenvalue weighted by Gasteiger charge is 2.20. The lowest BCUT2D eigenvalue weighted by molar-refractivity contribution is 0.0533. The first-order chi connectivity index (χ1) is 14.6. The van der Waals surface area contributed by atoms with Gasteiger partial charge in [-0.15, -0.1) is 11.3 Å². The monoisotopic (exact) mass is 521 g/mol. The van der Waals surface area contributed by atoms with Crippen LogP contribution in [0, 0.1) is 0 Å². The Morgan fingerprint density at radius 1 is 1.19 bits per heavy atom. The van der Waals surface area contributed by atoms with Crippen LogP contribution in [0.25, 0.3) is 0 Å². The minimum Gasteiger partial charge on any atom is -0.443 e. The van der Waals surface area contributed by atoms with Gasteiger partial charge in [0.2, 0.25) is 0 Å². The number of hydrogen-bond donors (Lipinski definition) is 2. The molecule has 0 fully saturated rings. The summed E-state index contributed by atoms with van der Waals surface area (Å²) in [5.74, 6) is -0.174. The maximum Gasteiger partial charge on any atom is 0.418 e. The molecule has 164 valence electrons. The molecule has 3 rings (SSSR count). The van der Waals surface area contributed by atoms with Crippen molar-refractivity contribution in [3.63, 3.8) is 0 Å². The molecule has 0 saturated heterocycles. The molecule has 0 radical (unpaired) electrons. The summed E-state index contributed by atoms with van der Waals surface area (Å²) in [5, 5.41) is 4.87. The van der Waals surface area contributed by atoms with E-state index in [2.05, 4.69) is 26.0 Å². The molecule has 9 heteroatoms. The first-order valence-corrected chi connectivity index (χ1v) is 12.4. The van der Waals surface area contributed by atoms with Crippen LogP contribution >= 0.6 is 39.2 Å². The molecule has 0 aliphatic rings. The maximum atomic E-state index is 12.7. The van der Waals surface area contributed by atoms with Gasteiger partial charge >= 0.3 is 6.09 Å². The number of carbonyl (C=O) groups excluding carboxylic acids is 2. The second kappa shape index (κ2) is 9.93. The van der Waals surface area contributed by atoms with E-state index in [9.17, 15) is 9.59 Å². The molecule has 31 heavy (non-hydrogen) atoms. The minimum absolute atomic E-state index is 0.174. The largest absolute Gasteiger partial charge is 0.443 e. The van der Waals surface area contributed by atoms with Crippen molar-refractivity contribution in [2.24, 2.45) is 0 Å². The highest BCUT2D eigenvalue weighted by molar-refractivity contribution is 9.10. The Morgan fingerprint density at radius 2 is 1.94 bits per heavy atom. The highest BCUT2D eigenvalue weighted by atomic mass is 79.9. The Morgan fingerprint density at radius 3 is 2.65 bits per heavy atom. The Labute approximate surface area is 198 Å². The Kier molecular flexibility index (Phi) is 7.51. The molecule has 1 amide bonds. The fourth-order valence-corrected chi connectivity index (χ4v) is 4.53. The van der Waals surface area contributed by atoms with Gasteiger partial charge in [0.05, 0.1) is 4.88 Å². The summed E-state index contributed by atoms with van der Waals surface area (Å²) in [5.41, 5.74) is 2.79. The number of rotatable bonds is 6. The van der Waals surface area contributed by atoms with Gasteiger partial charge < -0.3 is 14.8 Å². The van der Waals surface area contributed by atoms with E-state index in [1.807, 2.05) is 68.8 Å². The highest BCUT2D eigenvalue weighted by Crippen LogP contribution is 2.26. The van der Waals surface area contributed by atoms with Gasteiger partial charge in [0.1, 0.15) is 5.60 Å². The van der Waals surface area contributed by atoms with Crippen molar-refractivity contribution >= 4 is 62.6 Å². The van der Waals surface area contributed by atoms with Crippen LogP contribution in [0.3, 0.4) is 0 Å². The molecule has 1 aromatic carbocycles. The van der Waals surface area contributed by atoms with E-state index in [1.54, 1.807) is 6.20 Å². The summed E-state index contributed by atoms with van der Waals surface area (Å²) in [7, 11) is 0. The molecule has 2 aromatic heterocycles. The molecule has 0 unspecified atom stereocenters. The predicted octanol–water partition coefficient (Wildman–Crippen LogP) is 6.63. The number of halogens is 1. The normalized spacial score (nSPS) is 11.3. The van der Waals surface area contributed by atoms with Crippen LogP contribution in [0.2, 0.25) is 0 Å². The third kappa shape index (κ3) is 6.62. The number of amides is 1. The van der Waals surface area contributed by atoms with Gasteiger partial charge in [-0.1, -0.05) is 27.9 Å². The summed E-state index contributed by atoms with van der Waals surface area (Å²) in [6.07, 6.45) is 3.74. The zero-order chi connectivity index (χ0) is 22.6. The molecule has 6 nitrogen and oxygen atoms in total. The van der Waals surface area contributed by atoms with Gasteiger partial charge in [-0.2, -0.15) is 0 Å². The molecule has 3 aromatic rings. The lowest BCUT2D eigenvalue weighted by atomic mass is 10.2. The van der Waals surface area contributed by atoms with E-state index in [-0.39, 0.29) is 5.91 Å². The number of nitrogens with zero attached hydrogens (tertiary/aromatic N) is 1. The Balaban J connectivity index is 1.70. The summed E-state index contributed by atoms with van der Waals surface area (Å²) in [4.78, 5) is 25.7. The molecule has 0 atom stereocenters. The quantitative estimate of drug-likeness (QED) is 0.356. The molecular weight excluding hydrogens is 498 g/mol. The topological polar surface area (TPSA) is 72.4 Å². The summed E-state index contributed by atoms with van der Waals surface area (Å²) in [6, 6.07) is 11.2. The van der Waals surface area contributed by atoms with Gasteiger partial charge in [0, 0.05) is 40.4 Å². The van der Waals surface area contributed by atoms with Crippen molar-refractivity contribution < 1.29 is 14.3 Å². The van der Waals surface area contributed by atoms with Gasteiger partial charge in [-0.05, 0) is 68.1 Å². The third-order valence-corrected chi connectivity index (χ3v) is 5.94. The van der Waals surface area contributed by atoms with Crippen molar-refractivity contribution in [3.05, 3.63) is 68.6 Å². The molecule has 0 saturated carbocycles. The zero-order valence-electron chi connectivity index (χ0n) is 17.7. The number of carbonyl (C=O) groups is 2. The summed E-state index contributed by atoms with van der Waals surface area (Å²) in [6.45, 7) is 5.51. The second-order valence-electron chi connectivity index (χ2n) is 7.83. The molecule has 0 spiro atoms. The fourth-order valence-electron chi connectivity index (χ4n) is 2.88. The minimum atomic E-state index is -0.566. The van der Waals surface area contributed by atoms with Gasteiger partial charge in [-0.3, -0.25) is 9.36 Å². The standard InChI is InChI=1S/C22H24BrN3O3S2/c1-22(2,3)29-21(28)26-7-5-6-18(26)8-14-9-19(31-13-14)20(27)24-16-10-15(23)11-17(12-16)25-30-4/h5-7,9-13,25H,8H2,1-4H3,(H,24,27). The average Bonchev–Trinajstić information content (AvgIpc) is 3.30. The van der Waals surface area contributed by atoms with Crippen molar-refractivity contribution in [2.75, 3.05) is 16.3 Å². The Bertz CT molecular complexity index is 1090. The van der Waals surface area contributed by atoms with Crippen LogP contribution in [-0.4, -0.2) is 28.4 Å². The number of hydrogen-bond acceptors (Lipinski definition) is 6. The van der Waals surface area contributed by atoms with Gasteiger partial charge in [-0.25, -0.2) is 4.79 Å². The SMILES string of the molecule is CSNc1cc(Br)cc(NC(=O)c2cc(Cc3cccn3C(=O)OC(C)(C)C)cs2)c1. The van der Waals surface area contributed by atoms with Crippen LogP contribution < -0.4 is 10.0 Å². The van der Waals surface area contributed by atoms with E-state index >= 15 is 0 Å². The van der Waals surface area contributed by atoms with E-state index in [1.165, 1.54) is 27.9 Å². The van der Waals surface area contributed by atoms with Crippen molar-refractivity contribution in [1.29, 1.82) is 0 Å². The lowest BCUT2D eigenvalue weighted by Gasteiger charge is -2.20. The number of benzene rings is 1. The van der Waals surface area contributed by atoms with Crippen LogP contribution in [-0.2, 0) is 11.2 Å². The predicted molar refractivity (Wildman–Crippen MR) is 132 cm³/mol. The molecular formula is C22H24BrN3O3S2. The van der Waals surface area contributed by atoms with Crippen LogP contribution in [0.4, 0.5) is 16.2 Å². The zero-order valence-corrected chi connectivity index (χ0v) is 20.9. The average molecular weight is 522 g/mol. The van der Waals surface area contributed by atoms with E-state index < -0.39 is 11.7 Å². The van der Waals surface area contributed by atoms with E-state index in [0.29, 0.717) is 17.0 Å². The summed E-state index contributed by atoms with van der Waals surface area (Å²) < 4.78 is 11.0. The second-order valence-corrected chi connectivity index (χ2v) is 10.3. The molecule has 2 heterocycles. The van der Waals surface area contributed by atoms with Gasteiger partial charge in [0.25, 0.3) is 5.91 Å². The molecule has 2 N–H and O–H groups in total. The lowest BCUT2D eigenvalue weighted by Crippen LogP contribution is -2.27. The smallest absolute Gasteiger partial charge is 0.418 e. The number of anilines is 2. The summed E-state index contributed by atoms with van der Waals surface area (Å²) >= 11 is 6.32. The number of ether oxygens (including phenoxy) is 1.